The van der Waals surface area contributed by atoms with Crippen molar-refractivity contribution >= 4 is 5.78 Å². The van der Waals surface area contributed by atoms with E-state index in [0.717, 1.165) is 19.3 Å². The number of carbonyl (C=O) groups is 1. The van der Waals surface area contributed by atoms with Crippen LogP contribution in [-0.2, 0) is 4.79 Å². The van der Waals surface area contributed by atoms with Gasteiger partial charge in [-0.05, 0) is 24.7 Å². The molecule has 14 heavy (non-hydrogen) atoms. The fourth-order valence-electron chi connectivity index (χ4n) is 2.25. The molecule has 1 aliphatic carbocycles. The first-order chi connectivity index (χ1) is 6.65. The van der Waals surface area contributed by atoms with Gasteiger partial charge in [0.2, 0.25) is 0 Å². The van der Waals surface area contributed by atoms with Gasteiger partial charge in [0.1, 0.15) is 5.78 Å². The van der Waals surface area contributed by atoms with Crippen molar-refractivity contribution in [3.05, 3.63) is 12.2 Å². The van der Waals surface area contributed by atoms with Crippen molar-refractivity contribution in [2.24, 2.45) is 17.8 Å². The van der Waals surface area contributed by atoms with Crippen LogP contribution in [0.2, 0.25) is 0 Å². The number of carbonyl (C=O) groups excluding carboxylic acids is 1. The van der Waals surface area contributed by atoms with Gasteiger partial charge in [-0.2, -0.15) is 0 Å². The molecule has 0 saturated carbocycles. The average Bonchev–Trinajstić information content (AvgIpc) is 2.14. The summed E-state index contributed by atoms with van der Waals surface area (Å²) in [6.07, 6.45) is 8.44. The van der Waals surface area contributed by atoms with E-state index in [0.29, 0.717) is 17.6 Å². The molecule has 0 saturated heterocycles. The minimum absolute atomic E-state index is 0.206. The number of allylic oxidation sites excluding steroid dienone is 2. The maximum Gasteiger partial charge on any atom is 0.139 e. The van der Waals surface area contributed by atoms with Crippen molar-refractivity contribution in [2.75, 3.05) is 0 Å². The van der Waals surface area contributed by atoms with Crippen LogP contribution in [0.1, 0.15) is 46.5 Å². The summed E-state index contributed by atoms with van der Waals surface area (Å²) >= 11 is 0. The van der Waals surface area contributed by atoms with Crippen LogP contribution in [0.15, 0.2) is 12.2 Å². The quantitative estimate of drug-likeness (QED) is 0.625. The molecule has 1 nitrogen and oxygen atoms in total. The van der Waals surface area contributed by atoms with Crippen molar-refractivity contribution < 1.29 is 4.79 Å². The molecule has 0 aromatic rings. The molecule has 0 heterocycles. The van der Waals surface area contributed by atoms with Crippen molar-refractivity contribution in [2.45, 2.75) is 46.5 Å². The number of hydrogen-bond donors (Lipinski definition) is 0. The van der Waals surface area contributed by atoms with Crippen molar-refractivity contribution in [1.82, 2.24) is 0 Å². The molecular formula is C13H22O. The summed E-state index contributed by atoms with van der Waals surface area (Å²) in [7, 11) is 0. The highest BCUT2D eigenvalue weighted by Crippen LogP contribution is 2.29. The molecule has 0 N–H and O–H groups in total. The Morgan fingerprint density at radius 3 is 2.64 bits per heavy atom. The minimum atomic E-state index is 0.206. The van der Waals surface area contributed by atoms with Crippen LogP contribution in [0.25, 0.3) is 0 Å². The zero-order valence-corrected chi connectivity index (χ0v) is 9.62. The van der Waals surface area contributed by atoms with E-state index in [2.05, 4.69) is 32.9 Å². The van der Waals surface area contributed by atoms with Gasteiger partial charge in [-0.25, -0.2) is 0 Å². The van der Waals surface area contributed by atoms with Crippen LogP contribution in [0.3, 0.4) is 0 Å². The molecule has 3 unspecified atom stereocenters. The summed E-state index contributed by atoms with van der Waals surface area (Å²) in [5.74, 6) is 1.85. The van der Waals surface area contributed by atoms with E-state index in [4.69, 9.17) is 0 Å². The van der Waals surface area contributed by atoms with Gasteiger partial charge >= 0.3 is 0 Å². The molecule has 0 amide bonds. The summed E-state index contributed by atoms with van der Waals surface area (Å²) in [4.78, 5) is 11.8. The molecule has 0 bridgehead atoms. The summed E-state index contributed by atoms with van der Waals surface area (Å²) < 4.78 is 0. The molecule has 1 heteroatoms. The summed E-state index contributed by atoms with van der Waals surface area (Å²) in [5, 5.41) is 0. The smallest absolute Gasteiger partial charge is 0.139 e. The van der Waals surface area contributed by atoms with Crippen LogP contribution in [0.4, 0.5) is 0 Å². The van der Waals surface area contributed by atoms with Gasteiger partial charge in [0.15, 0.2) is 0 Å². The second-order valence-corrected chi connectivity index (χ2v) is 4.67. The molecule has 0 aliphatic heterocycles. The van der Waals surface area contributed by atoms with E-state index in [1.807, 2.05) is 0 Å². The van der Waals surface area contributed by atoms with Crippen LogP contribution >= 0.6 is 0 Å². The highest BCUT2D eigenvalue weighted by atomic mass is 16.1. The fourth-order valence-corrected chi connectivity index (χ4v) is 2.25. The van der Waals surface area contributed by atoms with E-state index in [9.17, 15) is 4.79 Å². The third-order valence-corrected chi connectivity index (χ3v) is 3.15. The Balaban J connectivity index is 2.50. The third-order valence-electron chi connectivity index (χ3n) is 3.15. The van der Waals surface area contributed by atoms with Crippen LogP contribution in [0, 0.1) is 17.8 Å². The van der Waals surface area contributed by atoms with Gasteiger partial charge in [-0.15, -0.1) is 0 Å². The van der Waals surface area contributed by atoms with Gasteiger partial charge in [-0.3, -0.25) is 4.79 Å². The zero-order chi connectivity index (χ0) is 10.6. The highest BCUT2D eigenvalue weighted by molar-refractivity contribution is 5.83. The molecule has 0 spiro atoms. The van der Waals surface area contributed by atoms with E-state index in [-0.39, 0.29) is 5.92 Å². The maximum absolute atomic E-state index is 11.8. The lowest BCUT2D eigenvalue weighted by Gasteiger charge is -2.26. The normalized spacial score (nSPS) is 31.8. The first kappa shape index (κ1) is 11.5. The van der Waals surface area contributed by atoms with Gasteiger partial charge < -0.3 is 0 Å². The topological polar surface area (TPSA) is 17.1 Å². The van der Waals surface area contributed by atoms with Gasteiger partial charge in [0.25, 0.3) is 0 Å². The first-order valence-corrected chi connectivity index (χ1v) is 5.86. The Morgan fingerprint density at radius 2 is 2.07 bits per heavy atom. The van der Waals surface area contributed by atoms with E-state index < -0.39 is 0 Å². The summed E-state index contributed by atoms with van der Waals surface area (Å²) in [6.45, 7) is 6.56. The monoisotopic (exact) mass is 194 g/mol. The van der Waals surface area contributed by atoms with Gasteiger partial charge in [0, 0.05) is 12.3 Å². The molecular weight excluding hydrogens is 172 g/mol. The van der Waals surface area contributed by atoms with Crippen molar-refractivity contribution in [1.29, 1.82) is 0 Å². The number of hydrogen-bond acceptors (Lipinski definition) is 1. The Labute approximate surface area is 87.6 Å². The predicted octanol–water partition coefficient (Wildman–Crippen LogP) is 3.59. The third kappa shape index (κ3) is 2.97. The van der Waals surface area contributed by atoms with Crippen LogP contribution < -0.4 is 0 Å². The number of Topliss-reactive ketones (excluding diaryl/α,β-unsaturated/α-hetero) is 1. The lowest BCUT2D eigenvalue weighted by Crippen LogP contribution is -2.24. The molecule has 0 aromatic carbocycles. The average molecular weight is 194 g/mol. The molecule has 0 radical (unpaired) electrons. The van der Waals surface area contributed by atoms with E-state index >= 15 is 0 Å². The highest BCUT2D eigenvalue weighted by Gasteiger charge is 2.25. The van der Waals surface area contributed by atoms with E-state index in [1.165, 1.54) is 6.42 Å². The zero-order valence-electron chi connectivity index (χ0n) is 9.62. The Kier molecular flexibility index (Phi) is 4.37. The van der Waals surface area contributed by atoms with Crippen LogP contribution in [-0.4, -0.2) is 5.78 Å². The lowest BCUT2D eigenvalue weighted by atomic mass is 9.78. The molecule has 0 aromatic heterocycles. The van der Waals surface area contributed by atoms with Gasteiger partial charge in [-0.1, -0.05) is 39.3 Å². The van der Waals surface area contributed by atoms with Gasteiger partial charge in [0.05, 0.1) is 0 Å². The summed E-state index contributed by atoms with van der Waals surface area (Å²) in [6, 6.07) is 0. The standard InChI is InChI=1S/C13H22O/c1-4-5-6-13(14)12-8-7-10(2)9-11(12)3/h7-8,10-12H,4-6,9H2,1-3H3. The Hall–Kier alpha value is -0.590. The molecule has 3 atom stereocenters. The minimum Gasteiger partial charge on any atom is -0.299 e. The Bertz CT molecular complexity index is 217. The number of unbranched alkanes of at least 4 members (excludes halogenated alkanes) is 1. The molecule has 1 aliphatic rings. The number of rotatable bonds is 4. The van der Waals surface area contributed by atoms with Crippen molar-refractivity contribution in [3.8, 4) is 0 Å². The first-order valence-electron chi connectivity index (χ1n) is 5.86. The molecule has 80 valence electrons. The lowest BCUT2D eigenvalue weighted by molar-refractivity contribution is -0.123. The van der Waals surface area contributed by atoms with Crippen LogP contribution in [0.5, 0.6) is 0 Å². The van der Waals surface area contributed by atoms with Crippen molar-refractivity contribution in [3.63, 3.8) is 0 Å². The predicted molar refractivity (Wildman–Crippen MR) is 60.1 cm³/mol. The summed E-state index contributed by atoms with van der Waals surface area (Å²) in [5.41, 5.74) is 0. The van der Waals surface area contributed by atoms with E-state index in [1.54, 1.807) is 0 Å². The fraction of sp³-hybridized carbons (Fsp3) is 0.769. The largest absolute Gasteiger partial charge is 0.299 e. The molecule has 1 rings (SSSR count). The SMILES string of the molecule is CCCCC(=O)C1C=CC(C)CC1C. The molecule has 0 fully saturated rings. The maximum atomic E-state index is 11.8. The Morgan fingerprint density at radius 1 is 1.36 bits per heavy atom. The second kappa shape index (κ2) is 5.33. The number of ketones is 1. The second-order valence-electron chi connectivity index (χ2n) is 4.67.